The number of ether oxygens (including phenoxy) is 1. The van der Waals surface area contributed by atoms with Crippen LogP contribution in [-0.4, -0.2) is 32.2 Å². The lowest BCUT2D eigenvalue weighted by molar-refractivity contribution is 0.0691. The molecule has 0 atom stereocenters. The van der Waals surface area contributed by atoms with Crippen molar-refractivity contribution in [1.82, 2.24) is 15.0 Å². The quantitative estimate of drug-likeness (QED) is 0.731. The normalized spacial score (nSPS) is 10.3. The summed E-state index contributed by atoms with van der Waals surface area (Å²) in [4.78, 5) is 23.5. The van der Waals surface area contributed by atoms with Gasteiger partial charge in [-0.05, 0) is 30.2 Å². The van der Waals surface area contributed by atoms with Crippen LogP contribution in [0.1, 0.15) is 21.6 Å². The van der Waals surface area contributed by atoms with Crippen LogP contribution in [0.2, 0.25) is 0 Å². The minimum Gasteiger partial charge on any atom is -0.476 e. The first-order valence-corrected chi connectivity index (χ1v) is 7.78. The average Bonchev–Trinajstić information content (AvgIpc) is 3.04. The zero-order chi connectivity index (χ0) is 18.5. The Hall–Kier alpha value is -3.68. The van der Waals surface area contributed by atoms with Crippen LogP contribution in [0.3, 0.4) is 0 Å². The second-order valence-electron chi connectivity index (χ2n) is 5.53. The minimum atomic E-state index is -1.30. The van der Waals surface area contributed by atoms with Crippen molar-refractivity contribution in [3.63, 3.8) is 0 Å². The second kappa shape index (κ2) is 7.47. The molecule has 3 rings (SSSR count). The van der Waals surface area contributed by atoms with E-state index in [1.165, 1.54) is 4.68 Å². The minimum absolute atomic E-state index is 0.0566. The highest BCUT2D eigenvalue weighted by Crippen LogP contribution is 2.19. The van der Waals surface area contributed by atoms with E-state index in [0.29, 0.717) is 5.69 Å². The van der Waals surface area contributed by atoms with E-state index in [4.69, 9.17) is 4.74 Å². The summed E-state index contributed by atoms with van der Waals surface area (Å²) in [5, 5.41) is 19.2. The third kappa shape index (κ3) is 3.86. The maximum atomic E-state index is 12.1. The van der Waals surface area contributed by atoms with Crippen molar-refractivity contribution < 1.29 is 19.4 Å². The van der Waals surface area contributed by atoms with Crippen molar-refractivity contribution in [3.05, 3.63) is 71.4 Å². The molecule has 0 aliphatic rings. The molecule has 26 heavy (non-hydrogen) atoms. The summed E-state index contributed by atoms with van der Waals surface area (Å²) < 4.78 is 6.39. The largest absolute Gasteiger partial charge is 0.476 e. The molecule has 2 N–H and O–H groups in total. The monoisotopic (exact) mass is 352 g/mol. The van der Waals surface area contributed by atoms with Crippen LogP contribution in [0.4, 0.5) is 10.6 Å². The van der Waals surface area contributed by atoms with Gasteiger partial charge in [-0.25, -0.2) is 9.59 Å². The maximum absolute atomic E-state index is 12.1. The Labute approximate surface area is 149 Å². The molecule has 8 heteroatoms. The summed E-state index contributed by atoms with van der Waals surface area (Å²) in [6.45, 7) is 1.95. The Morgan fingerprint density at radius 1 is 1.15 bits per heavy atom. The lowest BCUT2D eigenvalue weighted by Crippen LogP contribution is -2.18. The molecule has 0 saturated carbocycles. The average molecular weight is 352 g/mol. The number of carbonyl (C=O) groups excluding carboxylic acids is 1. The molecular formula is C18H16N4O4. The fraction of sp³-hybridized carbons (Fsp3) is 0.111. The number of aryl methyl sites for hydroxylation is 1. The summed E-state index contributed by atoms with van der Waals surface area (Å²) in [6, 6.07) is 16.3. The van der Waals surface area contributed by atoms with Crippen molar-refractivity contribution >= 4 is 17.9 Å². The fourth-order valence-electron chi connectivity index (χ4n) is 2.33. The second-order valence-corrected chi connectivity index (χ2v) is 5.53. The summed E-state index contributed by atoms with van der Waals surface area (Å²) in [7, 11) is 0. The number of aromatic carboxylic acids is 1. The number of carbonyl (C=O) groups is 2. The summed E-state index contributed by atoms with van der Waals surface area (Å²) in [5.41, 5.74) is 1.96. The Kier molecular flexibility index (Phi) is 4.93. The van der Waals surface area contributed by atoms with Gasteiger partial charge in [0.2, 0.25) is 5.69 Å². The molecule has 0 unspecified atom stereocenters. The van der Waals surface area contributed by atoms with Crippen molar-refractivity contribution in [3.8, 4) is 5.69 Å². The Balaban J connectivity index is 1.82. The van der Waals surface area contributed by atoms with E-state index in [2.05, 4.69) is 15.6 Å². The number of nitrogens with one attached hydrogen (secondary N) is 1. The standard InChI is InChI=1S/C18H16N4O4/c1-12-6-5-9-14(10-12)22-16(15(17(23)24)20-21-22)19-18(25)26-11-13-7-3-2-4-8-13/h2-10H,11H2,1H3,(H,19,25)(H,23,24). The van der Waals surface area contributed by atoms with Gasteiger partial charge in [-0.1, -0.05) is 47.7 Å². The van der Waals surface area contributed by atoms with Crippen LogP contribution in [0.15, 0.2) is 54.6 Å². The van der Waals surface area contributed by atoms with Gasteiger partial charge >= 0.3 is 12.1 Å². The molecule has 132 valence electrons. The number of aromatic nitrogens is 3. The van der Waals surface area contributed by atoms with Gasteiger partial charge in [0.25, 0.3) is 0 Å². The van der Waals surface area contributed by atoms with Crippen LogP contribution in [-0.2, 0) is 11.3 Å². The molecule has 1 aromatic heterocycles. The topological polar surface area (TPSA) is 106 Å². The van der Waals surface area contributed by atoms with Crippen LogP contribution in [0, 0.1) is 6.92 Å². The van der Waals surface area contributed by atoms with E-state index < -0.39 is 12.1 Å². The molecule has 0 spiro atoms. The van der Waals surface area contributed by atoms with Crippen LogP contribution in [0.5, 0.6) is 0 Å². The Bertz CT molecular complexity index is 937. The number of hydrogen-bond donors (Lipinski definition) is 2. The first kappa shape index (κ1) is 17.2. The van der Waals surface area contributed by atoms with Crippen LogP contribution < -0.4 is 5.32 Å². The van der Waals surface area contributed by atoms with Gasteiger partial charge in [0, 0.05) is 0 Å². The Morgan fingerprint density at radius 2 is 1.92 bits per heavy atom. The lowest BCUT2D eigenvalue weighted by atomic mass is 10.2. The molecule has 0 fully saturated rings. The van der Waals surface area contributed by atoms with Gasteiger partial charge in [-0.2, -0.15) is 4.68 Å². The first-order chi connectivity index (χ1) is 12.5. The number of rotatable bonds is 5. The number of benzene rings is 2. The van der Waals surface area contributed by atoms with Crippen LogP contribution in [0.25, 0.3) is 5.69 Å². The molecule has 0 radical (unpaired) electrons. The van der Waals surface area contributed by atoms with Crippen LogP contribution >= 0.6 is 0 Å². The van der Waals surface area contributed by atoms with Gasteiger partial charge in [-0.15, -0.1) is 5.10 Å². The molecule has 0 aliphatic carbocycles. The predicted molar refractivity (Wildman–Crippen MR) is 93.3 cm³/mol. The number of hydrogen-bond acceptors (Lipinski definition) is 5. The van der Waals surface area contributed by atoms with E-state index >= 15 is 0 Å². The first-order valence-electron chi connectivity index (χ1n) is 7.78. The predicted octanol–water partition coefficient (Wildman–Crippen LogP) is 3.02. The number of carboxylic acid groups (broad SMARTS) is 1. The van der Waals surface area contributed by atoms with Crippen molar-refractivity contribution in [2.75, 3.05) is 5.32 Å². The third-order valence-corrected chi connectivity index (χ3v) is 3.55. The highest BCUT2D eigenvalue weighted by molar-refractivity contribution is 5.96. The van der Waals surface area contributed by atoms with E-state index in [1.807, 2.05) is 43.3 Å². The van der Waals surface area contributed by atoms with E-state index in [0.717, 1.165) is 11.1 Å². The van der Waals surface area contributed by atoms with Gasteiger partial charge in [0.05, 0.1) is 5.69 Å². The molecule has 0 bridgehead atoms. The third-order valence-electron chi connectivity index (χ3n) is 3.55. The van der Waals surface area contributed by atoms with Crippen molar-refractivity contribution in [2.45, 2.75) is 13.5 Å². The molecule has 3 aromatic rings. The van der Waals surface area contributed by atoms with E-state index in [9.17, 15) is 14.7 Å². The summed E-state index contributed by atoms with van der Waals surface area (Å²) in [5.74, 6) is -1.37. The zero-order valence-corrected chi connectivity index (χ0v) is 13.9. The number of carboxylic acids is 1. The van der Waals surface area contributed by atoms with E-state index in [-0.39, 0.29) is 18.1 Å². The molecule has 8 nitrogen and oxygen atoms in total. The lowest BCUT2D eigenvalue weighted by Gasteiger charge is -2.10. The van der Waals surface area contributed by atoms with Gasteiger partial charge < -0.3 is 9.84 Å². The zero-order valence-electron chi connectivity index (χ0n) is 13.9. The van der Waals surface area contributed by atoms with Gasteiger partial charge in [-0.3, -0.25) is 5.32 Å². The number of nitrogens with zero attached hydrogens (tertiary/aromatic N) is 3. The maximum Gasteiger partial charge on any atom is 0.413 e. The molecule has 1 amide bonds. The van der Waals surface area contributed by atoms with Gasteiger partial charge in [0.15, 0.2) is 5.82 Å². The fourth-order valence-corrected chi connectivity index (χ4v) is 2.33. The molecule has 0 saturated heterocycles. The summed E-state index contributed by atoms with van der Waals surface area (Å²) >= 11 is 0. The molecule has 0 aliphatic heterocycles. The molecular weight excluding hydrogens is 336 g/mol. The molecule has 2 aromatic carbocycles. The highest BCUT2D eigenvalue weighted by Gasteiger charge is 2.22. The highest BCUT2D eigenvalue weighted by atomic mass is 16.5. The number of anilines is 1. The smallest absolute Gasteiger partial charge is 0.413 e. The SMILES string of the molecule is Cc1cccc(-n2nnc(C(=O)O)c2NC(=O)OCc2ccccc2)c1. The van der Waals surface area contributed by atoms with Crippen molar-refractivity contribution in [1.29, 1.82) is 0 Å². The number of amides is 1. The summed E-state index contributed by atoms with van der Waals surface area (Å²) in [6.07, 6.45) is -0.799. The van der Waals surface area contributed by atoms with Gasteiger partial charge in [0.1, 0.15) is 6.61 Å². The van der Waals surface area contributed by atoms with E-state index in [1.54, 1.807) is 18.2 Å². The Morgan fingerprint density at radius 3 is 2.62 bits per heavy atom. The molecule has 1 heterocycles. The van der Waals surface area contributed by atoms with Crippen molar-refractivity contribution in [2.24, 2.45) is 0 Å².